The molecule has 0 spiro atoms. The first-order valence-corrected chi connectivity index (χ1v) is 10.8. The van der Waals surface area contributed by atoms with Crippen molar-refractivity contribution in [3.05, 3.63) is 46.3 Å². The highest BCUT2D eigenvalue weighted by molar-refractivity contribution is 7.17. The summed E-state index contributed by atoms with van der Waals surface area (Å²) in [6.45, 7) is 4.50. The molecule has 1 aliphatic rings. The SMILES string of the molecule is CC(=O)Nc1ncc(CN2CCC(C#Cc3cccc4ccsc34)CC2)s1. The molecule has 0 unspecified atom stereocenters. The topological polar surface area (TPSA) is 45.2 Å². The maximum absolute atomic E-state index is 11.1. The summed E-state index contributed by atoms with van der Waals surface area (Å²) in [5.74, 6) is 7.32. The third kappa shape index (κ3) is 4.56. The number of benzene rings is 1. The van der Waals surface area contributed by atoms with Crippen molar-refractivity contribution in [2.45, 2.75) is 26.3 Å². The van der Waals surface area contributed by atoms with Gasteiger partial charge in [0.25, 0.3) is 0 Å². The molecular weight excluding hydrogens is 374 g/mol. The molecule has 1 N–H and O–H groups in total. The van der Waals surface area contributed by atoms with E-state index in [1.807, 2.05) is 6.20 Å². The van der Waals surface area contributed by atoms with Crippen LogP contribution in [0.25, 0.3) is 10.1 Å². The van der Waals surface area contributed by atoms with Crippen molar-refractivity contribution in [1.82, 2.24) is 9.88 Å². The lowest BCUT2D eigenvalue weighted by Gasteiger charge is -2.29. The van der Waals surface area contributed by atoms with E-state index in [4.69, 9.17) is 0 Å². The van der Waals surface area contributed by atoms with Gasteiger partial charge in [0.05, 0.1) is 0 Å². The number of hydrogen-bond acceptors (Lipinski definition) is 5. The minimum atomic E-state index is -0.0754. The molecule has 138 valence electrons. The Morgan fingerprint density at radius 1 is 1.33 bits per heavy atom. The van der Waals surface area contributed by atoms with Crippen LogP contribution in [-0.2, 0) is 11.3 Å². The molecule has 2 aromatic heterocycles. The molecule has 1 saturated heterocycles. The number of hydrogen-bond donors (Lipinski definition) is 1. The number of carbonyl (C=O) groups is 1. The summed E-state index contributed by atoms with van der Waals surface area (Å²) in [5.41, 5.74) is 1.15. The lowest BCUT2D eigenvalue weighted by Crippen LogP contribution is -2.32. The maximum atomic E-state index is 11.1. The first-order chi connectivity index (χ1) is 13.2. The van der Waals surface area contributed by atoms with Crippen LogP contribution in [0.5, 0.6) is 0 Å². The van der Waals surface area contributed by atoms with E-state index >= 15 is 0 Å². The summed E-state index contributed by atoms with van der Waals surface area (Å²) >= 11 is 3.32. The number of thiophene rings is 1. The number of carbonyl (C=O) groups excluding carboxylic acids is 1. The van der Waals surface area contributed by atoms with Gasteiger partial charge < -0.3 is 5.32 Å². The van der Waals surface area contributed by atoms with Gasteiger partial charge in [-0.1, -0.05) is 24.0 Å². The molecule has 0 saturated carbocycles. The van der Waals surface area contributed by atoms with Gasteiger partial charge in [0.2, 0.25) is 5.91 Å². The highest BCUT2D eigenvalue weighted by Crippen LogP contribution is 2.25. The predicted molar refractivity (Wildman–Crippen MR) is 113 cm³/mol. The molecule has 0 radical (unpaired) electrons. The maximum Gasteiger partial charge on any atom is 0.223 e. The van der Waals surface area contributed by atoms with E-state index in [9.17, 15) is 4.79 Å². The number of fused-ring (bicyclic) bond motifs is 1. The summed E-state index contributed by atoms with van der Waals surface area (Å²) < 4.78 is 1.29. The number of anilines is 1. The van der Waals surface area contributed by atoms with Crippen LogP contribution in [0.2, 0.25) is 0 Å². The molecule has 0 bridgehead atoms. The van der Waals surface area contributed by atoms with Crippen LogP contribution < -0.4 is 5.32 Å². The molecule has 0 atom stereocenters. The van der Waals surface area contributed by atoms with E-state index in [1.165, 1.54) is 21.9 Å². The zero-order valence-corrected chi connectivity index (χ0v) is 16.8. The summed E-state index contributed by atoms with van der Waals surface area (Å²) in [6.07, 6.45) is 4.07. The standard InChI is InChI=1S/C21H21N3OS2/c1-15(25)23-21-22-13-19(27-21)14-24-10-7-16(8-11-24)5-6-17-3-2-4-18-9-12-26-20(17)18/h2-4,9,12-13,16H,7-8,10-11,14H2,1H3,(H,22,23,25). The Hall–Kier alpha value is -2.20. The van der Waals surface area contributed by atoms with E-state index in [0.717, 1.165) is 38.0 Å². The van der Waals surface area contributed by atoms with Crippen molar-refractivity contribution in [2.75, 3.05) is 18.4 Å². The molecule has 3 heterocycles. The van der Waals surface area contributed by atoms with Crippen LogP contribution in [0, 0.1) is 17.8 Å². The second-order valence-electron chi connectivity index (χ2n) is 6.78. The molecule has 3 aromatic rings. The van der Waals surface area contributed by atoms with E-state index in [1.54, 1.807) is 22.7 Å². The first-order valence-electron chi connectivity index (χ1n) is 9.10. The second kappa shape index (κ2) is 8.22. The molecule has 1 aromatic carbocycles. The van der Waals surface area contributed by atoms with Gasteiger partial charge in [-0.2, -0.15) is 0 Å². The van der Waals surface area contributed by atoms with Crippen LogP contribution in [0.15, 0.2) is 35.8 Å². The normalized spacial score (nSPS) is 15.4. The van der Waals surface area contributed by atoms with Crippen molar-refractivity contribution in [3.63, 3.8) is 0 Å². The summed E-state index contributed by atoms with van der Waals surface area (Å²) in [5, 5.41) is 6.84. The van der Waals surface area contributed by atoms with Gasteiger partial charge in [-0.15, -0.1) is 22.7 Å². The number of rotatable bonds is 3. The Bertz CT molecular complexity index is 1000. The van der Waals surface area contributed by atoms with Gasteiger partial charge in [0.15, 0.2) is 5.13 Å². The highest BCUT2D eigenvalue weighted by Gasteiger charge is 2.18. The van der Waals surface area contributed by atoms with Crippen LogP contribution in [0.1, 0.15) is 30.2 Å². The van der Waals surface area contributed by atoms with Gasteiger partial charge in [0, 0.05) is 40.7 Å². The molecule has 6 heteroatoms. The molecular formula is C21H21N3OS2. The molecule has 4 nitrogen and oxygen atoms in total. The van der Waals surface area contributed by atoms with Gasteiger partial charge >= 0.3 is 0 Å². The molecule has 1 fully saturated rings. The third-order valence-electron chi connectivity index (χ3n) is 4.69. The fraction of sp³-hybridized carbons (Fsp3) is 0.333. The summed E-state index contributed by atoms with van der Waals surface area (Å²) in [7, 11) is 0. The monoisotopic (exact) mass is 395 g/mol. The van der Waals surface area contributed by atoms with E-state index in [2.05, 4.69) is 56.7 Å². The van der Waals surface area contributed by atoms with E-state index in [0.29, 0.717) is 11.0 Å². The number of amides is 1. The number of piperidine rings is 1. The average Bonchev–Trinajstić information content (AvgIpc) is 3.30. The summed E-state index contributed by atoms with van der Waals surface area (Å²) in [4.78, 5) is 19.0. The van der Waals surface area contributed by atoms with Gasteiger partial charge in [-0.25, -0.2) is 4.98 Å². The first kappa shape index (κ1) is 18.2. The summed E-state index contributed by atoms with van der Waals surface area (Å²) in [6, 6.07) is 8.51. The van der Waals surface area contributed by atoms with Gasteiger partial charge in [-0.05, 0) is 48.8 Å². The van der Waals surface area contributed by atoms with Crippen LogP contribution in [0.3, 0.4) is 0 Å². The molecule has 1 aliphatic heterocycles. The Morgan fingerprint density at radius 2 is 2.19 bits per heavy atom. The molecule has 4 rings (SSSR count). The largest absolute Gasteiger partial charge is 0.302 e. The van der Waals surface area contributed by atoms with E-state index in [-0.39, 0.29) is 5.91 Å². The Kier molecular flexibility index (Phi) is 5.53. The lowest BCUT2D eigenvalue weighted by molar-refractivity contribution is -0.114. The Labute approximate surface area is 167 Å². The van der Waals surface area contributed by atoms with Crippen LogP contribution in [0.4, 0.5) is 5.13 Å². The highest BCUT2D eigenvalue weighted by atomic mass is 32.1. The number of aromatic nitrogens is 1. The number of nitrogens with zero attached hydrogens (tertiary/aromatic N) is 2. The van der Waals surface area contributed by atoms with Gasteiger partial charge in [0.1, 0.15) is 0 Å². The van der Waals surface area contributed by atoms with Crippen molar-refractivity contribution in [2.24, 2.45) is 5.92 Å². The van der Waals surface area contributed by atoms with Crippen molar-refractivity contribution in [3.8, 4) is 11.8 Å². The zero-order valence-electron chi connectivity index (χ0n) is 15.2. The molecule has 1 amide bonds. The second-order valence-corrected chi connectivity index (χ2v) is 8.81. The van der Waals surface area contributed by atoms with Crippen LogP contribution in [-0.4, -0.2) is 28.9 Å². The quantitative estimate of drug-likeness (QED) is 0.660. The number of nitrogens with one attached hydrogen (secondary N) is 1. The van der Waals surface area contributed by atoms with E-state index < -0.39 is 0 Å². The Morgan fingerprint density at radius 3 is 3.00 bits per heavy atom. The Balaban J connectivity index is 1.32. The smallest absolute Gasteiger partial charge is 0.223 e. The van der Waals surface area contributed by atoms with Crippen molar-refractivity contribution in [1.29, 1.82) is 0 Å². The zero-order chi connectivity index (χ0) is 18.6. The number of thiazole rings is 1. The third-order valence-corrected chi connectivity index (χ3v) is 6.55. The fourth-order valence-corrected chi connectivity index (χ4v) is 5.09. The minimum absolute atomic E-state index is 0.0754. The van der Waals surface area contributed by atoms with Crippen LogP contribution >= 0.6 is 22.7 Å². The molecule has 0 aliphatic carbocycles. The van der Waals surface area contributed by atoms with Crippen molar-refractivity contribution >= 4 is 43.8 Å². The minimum Gasteiger partial charge on any atom is -0.302 e. The average molecular weight is 396 g/mol. The van der Waals surface area contributed by atoms with Crippen molar-refractivity contribution < 1.29 is 4.79 Å². The predicted octanol–water partition coefficient (Wildman–Crippen LogP) is 4.58. The molecule has 27 heavy (non-hydrogen) atoms. The van der Waals surface area contributed by atoms with Gasteiger partial charge in [-0.3, -0.25) is 9.69 Å². The number of likely N-dealkylation sites (tertiary alicyclic amines) is 1. The fourth-order valence-electron chi connectivity index (χ4n) is 3.32. The lowest BCUT2D eigenvalue weighted by atomic mass is 9.97.